The molecule has 1 unspecified atom stereocenters. The number of benzene rings is 1. The van der Waals surface area contributed by atoms with Crippen LogP contribution < -0.4 is 0 Å². The van der Waals surface area contributed by atoms with Crippen LogP contribution in [0.2, 0.25) is 0 Å². The van der Waals surface area contributed by atoms with E-state index in [0.717, 1.165) is 10.4 Å². The van der Waals surface area contributed by atoms with Crippen molar-refractivity contribution >= 4 is 41.2 Å². The fraction of sp³-hybridized carbons (Fsp3) is 0.250. The van der Waals surface area contributed by atoms with Crippen molar-refractivity contribution in [1.82, 2.24) is 20.1 Å². The van der Waals surface area contributed by atoms with Crippen LogP contribution in [0.25, 0.3) is 12.2 Å². The van der Waals surface area contributed by atoms with Crippen LogP contribution in [0.5, 0.6) is 0 Å². The van der Waals surface area contributed by atoms with E-state index in [1.165, 1.54) is 11.8 Å². The maximum absolute atomic E-state index is 13.0. The van der Waals surface area contributed by atoms with Crippen molar-refractivity contribution in [2.75, 3.05) is 13.1 Å². The van der Waals surface area contributed by atoms with Crippen LogP contribution in [0.4, 0.5) is 0 Å². The highest BCUT2D eigenvalue weighted by Crippen LogP contribution is 2.35. The number of thioether (sulfide) groups is 1. The average molecular weight is 399 g/mol. The molecular weight excluding hydrogens is 376 g/mol. The van der Waals surface area contributed by atoms with Gasteiger partial charge in [-0.25, -0.2) is 4.98 Å². The first-order valence-electron chi connectivity index (χ1n) is 8.85. The molecule has 1 N–H and O–H groups in total. The number of carbonyl (C=O) groups excluding carboxylic acids is 1. The zero-order chi connectivity index (χ0) is 19.1. The molecule has 3 rings (SSSR count). The molecular formula is C20H22N4OS2. The van der Waals surface area contributed by atoms with Gasteiger partial charge in [-0.05, 0) is 43.0 Å². The molecule has 3 aromatic rings. The Morgan fingerprint density at radius 1 is 1.19 bits per heavy atom. The standard InChI is InChI=1S/C20H22N4OS2/c1-3-24(4-2)19(25)18(15-9-6-5-7-10-15)27-20-21-17(22-23-20)13-12-16-11-8-14-26-16/h5-14,18H,3-4H2,1-2H3,(H,21,22,23)/b13-12+. The number of H-pyrrole nitrogens is 1. The minimum Gasteiger partial charge on any atom is -0.342 e. The number of amides is 1. The quantitative estimate of drug-likeness (QED) is 0.557. The maximum Gasteiger partial charge on any atom is 0.240 e. The van der Waals surface area contributed by atoms with Crippen LogP contribution in [0.3, 0.4) is 0 Å². The number of rotatable bonds is 8. The number of nitrogens with zero attached hydrogens (tertiary/aromatic N) is 3. The monoisotopic (exact) mass is 398 g/mol. The molecule has 0 aliphatic rings. The summed E-state index contributed by atoms with van der Waals surface area (Å²) in [4.78, 5) is 20.5. The summed E-state index contributed by atoms with van der Waals surface area (Å²) in [6.07, 6.45) is 3.89. The Morgan fingerprint density at radius 2 is 1.96 bits per heavy atom. The van der Waals surface area contributed by atoms with E-state index >= 15 is 0 Å². The molecule has 27 heavy (non-hydrogen) atoms. The van der Waals surface area contributed by atoms with Crippen LogP contribution >= 0.6 is 23.1 Å². The van der Waals surface area contributed by atoms with Gasteiger partial charge in [0.05, 0.1) is 0 Å². The Bertz CT molecular complexity index is 871. The van der Waals surface area contributed by atoms with Crippen molar-refractivity contribution in [2.24, 2.45) is 0 Å². The van der Waals surface area contributed by atoms with Gasteiger partial charge in [0.2, 0.25) is 11.1 Å². The molecule has 0 saturated heterocycles. The summed E-state index contributed by atoms with van der Waals surface area (Å²) < 4.78 is 0. The number of carbonyl (C=O) groups is 1. The second-order valence-corrected chi connectivity index (χ2v) is 7.82. The number of thiophene rings is 1. The van der Waals surface area contributed by atoms with Gasteiger partial charge in [0, 0.05) is 18.0 Å². The number of likely N-dealkylation sites (N-methyl/N-ethyl adjacent to an activating group) is 1. The molecule has 2 aromatic heterocycles. The van der Waals surface area contributed by atoms with Crippen molar-refractivity contribution in [3.05, 3.63) is 64.1 Å². The highest BCUT2D eigenvalue weighted by Gasteiger charge is 2.27. The van der Waals surface area contributed by atoms with Crippen LogP contribution in [0.1, 0.15) is 35.4 Å². The van der Waals surface area contributed by atoms with Crippen molar-refractivity contribution in [3.8, 4) is 0 Å². The smallest absolute Gasteiger partial charge is 0.240 e. The second-order valence-electron chi connectivity index (χ2n) is 5.77. The van der Waals surface area contributed by atoms with E-state index < -0.39 is 0 Å². The first kappa shape index (κ1) is 19.4. The largest absolute Gasteiger partial charge is 0.342 e. The topological polar surface area (TPSA) is 61.9 Å². The first-order valence-corrected chi connectivity index (χ1v) is 10.6. The van der Waals surface area contributed by atoms with E-state index in [2.05, 4.69) is 15.2 Å². The number of hydrogen-bond donors (Lipinski definition) is 1. The second kappa shape index (κ2) is 9.53. The Hall–Kier alpha value is -2.38. The molecule has 1 aromatic carbocycles. The van der Waals surface area contributed by atoms with Gasteiger partial charge in [0.1, 0.15) is 11.1 Å². The SMILES string of the molecule is CCN(CC)C(=O)C(Sc1n[nH]c(/C=C/c2cccs2)n1)c1ccccc1. The van der Waals surface area contributed by atoms with Gasteiger partial charge in [-0.2, -0.15) is 0 Å². The minimum absolute atomic E-state index is 0.0803. The zero-order valence-electron chi connectivity index (χ0n) is 15.3. The van der Waals surface area contributed by atoms with Crippen LogP contribution in [0.15, 0.2) is 53.0 Å². The van der Waals surface area contributed by atoms with Gasteiger partial charge in [-0.1, -0.05) is 48.2 Å². The molecule has 5 nitrogen and oxygen atoms in total. The van der Waals surface area contributed by atoms with E-state index in [9.17, 15) is 4.79 Å². The fourth-order valence-electron chi connectivity index (χ4n) is 2.63. The molecule has 1 amide bonds. The fourth-order valence-corrected chi connectivity index (χ4v) is 4.25. The highest BCUT2D eigenvalue weighted by atomic mass is 32.2. The summed E-state index contributed by atoms with van der Waals surface area (Å²) in [7, 11) is 0. The lowest BCUT2D eigenvalue weighted by Gasteiger charge is -2.24. The van der Waals surface area contributed by atoms with Gasteiger partial charge < -0.3 is 4.90 Å². The summed E-state index contributed by atoms with van der Waals surface area (Å²) >= 11 is 3.04. The number of hydrogen-bond acceptors (Lipinski definition) is 5. The normalized spacial score (nSPS) is 12.4. The Kier molecular flexibility index (Phi) is 6.84. The summed E-state index contributed by atoms with van der Waals surface area (Å²) in [6.45, 7) is 5.35. The third-order valence-corrected chi connectivity index (χ3v) is 6.00. The van der Waals surface area contributed by atoms with Crippen molar-refractivity contribution in [2.45, 2.75) is 24.3 Å². The van der Waals surface area contributed by atoms with Gasteiger partial charge >= 0.3 is 0 Å². The molecule has 0 saturated carbocycles. The molecule has 0 spiro atoms. The third kappa shape index (κ3) is 5.08. The van der Waals surface area contributed by atoms with Crippen molar-refractivity contribution in [1.29, 1.82) is 0 Å². The lowest BCUT2D eigenvalue weighted by molar-refractivity contribution is -0.130. The maximum atomic E-state index is 13.0. The van der Waals surface area contributed by atoms with Gasteiger partial charge in [0.15, 0.2) is 0 Å². The Morgan fingerprint density at radius 3 is 2.63 bits per heavy atom. The molecule has 0 fully saturated rings. The molecule has 0 aliphatic carbocycles. The lowest BCUT2D eigenvalue weighted by Crippen LogP contribution is -2.33. The number of aromatic amines is 1. The van der Waals surface area contributed by atoms with Gasteiger partial charge in [-0.15, -0.1) is 16.4 Å². The molecule has 0 aliphatic heterocycles. The molecule has 0 radical (unpaired) electrons. The Labute approximate surface area is 167 Å². The summed E-state index contributed by atoms with van der Waals surface area (Å²) in [5.41, 5.74) is 0.958. The van der Waals surface area contributed by atoms with Gasteiger partial charge in [-0.3, -0.25) is 9.89 Å². The van der Waals surface area contributed by atoms with Gasteiger partial charge in [0.25, 0.3) is 0 Å². The third-order valence-electron chi connectivity index (χ3n) is 4.06. The summed E-state index contributed by atoms with van der Waals surface area (Å²) in [5, 5.41) is 9.45. The number of nitrogens with one attached hydrogen (secondary N) is 1. The predicted octanol–water partition coefficient (Wildman–Crippen LogP) is 4.74. The molecule has 140 valence electrons. The summed E-state index contributed by atoms with van der Waals surface area (Å²) in [5.74, 6) is 0.754. The van der Waals surface area contributed by atoms with E-state index in [4.69, 9.17) is 0 Å². The molecule has 7 heteroatoms. The molecule has 1 atom stereocenters. The van der Waals surface area contributed by atoms with E-state index in [-0.39, 0.29) is 11.2 Å². The highest BCUT2D eigenvalue weighted by molar-refractivity contribution is 8.00. The predicted molar refractivity (Wildman–Crippen MR) is 113 cm³/mol. The summed E-state index contributed by atoms with van der Waals surface area (Å²) in [6, 6.07) is 13.9. The van der Waals surface area contributed by atoms with E-state index in [0.29, 0.717) is 24.1 Å². The Balaban J connectivity index is 1.79. The average Bonchev–Trinajstić information content (AvgIpc) is 3.38. The van der Waals surface area contributed by atoms with Crippen molar-refractivity contribution in [3.63, 3.8) is 0 Å². The van der Waals surface area contributed by atoms with E-state index in [1.807, 2.05) is 78.7 Å². The van der Waals surface area contributed by atoms with Crippen molar-refractivity contribution < 1.29 is 4.79 Å². The minimum atomic E-state index is -0.365. The van der Waals surface area contributed by atoms with Crippen LogP contribution in [-0.4, -0.2) is 39.1 Å². The molecule has 0 bridgehead atoms. The number of aromatic nitrogens is 3. The molecule has 2 heterocycles. The van der Waals surface area contributed by atoms with Crippen LogP contribution in [-0.2, 0) is 4.79 Å². The zero-order valence-corrected chi connectivity index (χ0v) is 17.0. The van der Waals surface area contributed by atoms with E-state index in [1.54, 1.807) is 11.3 Å². The lowest BCUT2D eigenvalue weighted by atomic mass is 10.1. The van der Waals surface area contributed by atoms with Crippen LogP contribution in [0, 0.1) is 0 Å². The first-order chi connectivity index (χ1) is 13.2.